The van der Waals surface area contributed by atoms with E-state index in [1.54, 1.807) is 11.3 Å². The number of anilines is 1. The zero-order valence-corrected chi connectivity index (χ0v) is 16.9. The van der Waals surface area contributed by atoms with Gasteiger partial charge in [0, 0.05) is 39.3 Å². The maximum atomic E-state index is 4.61. The van der Waals surface area contributed by atoms with E-state index in [0.29, 0.717) is 0 Å². The van der Waals surface area contributed by atoms with Gasteiger partial charge in [-0.25, -0.2) is 4.98 Å². The predicted molar refractivity (Wildman–Crippen MR) is 124 cm³/mol. The molecule has 0 saturated heterocycles. The van der Waals surface area contributed by atoms with Crippen LogP contribution in [0.4, 0.5) is 5.13 Å². The van der Waals surface area contributed by atoms with E-state index in [-0.39, 0.29) is 0 Å². The molecule has 0 spiro atoms. The lowest BCUT2D eigenvalue weighted by atomic mass is 10.1. The largest absolute Gasteiger partial charge is 0.341 e. The predicted octanol–water partition coefficient (Wildman–Crippen LogP) is 6.38. The third-order valence-corrected chi connectivity index (χ3v) is 5.81. The van der Waals surface area contributed by atoms with Crippen LogP contribution >= 0.6 is 11.3 Å². The number of hydrazone groups is 1. The molecule has 142 valence electrons. The Morgan fingerprint density at radius 1 is 0.966 bits per heavy atom. The molecule has 0 amide bonds. The number of aryl methyl sites for hydroxylation is 1. The summed E-state index contributed by atoms with van der Waals surface area (Å²) in [6.45, 7) is 3.13. The van der Waals surface area contributed by atoms with Gasteiger partial charge in [0.2, 0.25) is 5.13 Å². The van der Waals surface area contributed by atoms with Crippen LogP contribution in [-0.2, 0) is 6.54 Å². The molecule has 0 aliphatic rings. The Kier molecular flexibility index (Phi) is 4.58. The highest BCUT2D eigenvalue weighted by molar-refractivity contribution is 7.14. The monoisotopic (exact) mass is 396 g/mol. The molecule has 0 bridgehead atoms. The molecule has 5 aromatic rings. The highest BCUT2D eigenvalue weighted by Gasteiger charge is 2.09. The van der Waals surface area contributed by atoms with Crippen LogP contribution in [0.5, 0.6) is 0 Å². The molecule has 0 atom stereocenters. The van der Waals surface area contributed by atoms with Crippen molar-refractivity contribution in [2.24, 2.45) is 5.10 Å². The van der Waals surface area contributed by atoms with Crippen LogP contribution in [0.25, 0.3) is 33.1 Å². The Morgan fingerprint density at radius 2 is 1.76 bits per heavy atom. The second-order valence-electron chi connectivity index (χ2n) is 6.81. The average Bonchev–Trinajstić information content (AvgIpc) is 3.37. The molecule has 0 fully saturated rings. The molecule has 0 saturated carbocycles. The van der Waals surface area contributed by atoms with Gasteiger partial charge in [0.1, 0.15) is 0 Å². The lowest BCUT2D eigenvalue weighted by Crippen LogP contribution is -1.93. The van der Waals surface area contributed by atoms with Gasteiger partial charge < -0.3 is 4.57 Å². The summed E-state index contributed by atoms with van der Waals surface area (Å²) < 4.78 is 2.35. The molecule has 3 aromatic carbocycles. The highest BCUT2D eigenvalue weighted by Crippen LogP contribution is 2.29. The number of nitrogens with zero attached hydrogens (tertiary/aromatic N) is 3. The maximum Gasteiger partial charge on any atom is 0.203 e. The standard InChI is InChI=1S/C24H20N4S/c1-2-28-22-11-7-6-10-19(22)20-14-17(12-13-23(20)28)15-25-27-24-26-21(16-29-24)18-8-4-3-5-9-18/h3-16H,2H2,1H3,(H,26,27). The Labute approximate surface area is 173 Å². The Morgan fingerprint density at radius 3 is 2.62 bits per heavy atom. The van der Waals surface area contributed by atoms with Crippen molar-refractivity contribution < 1.29 is 0 Å². The van der Waals surface area contributed by atoms with Gasteiger partial charge in [0.15, 0.2) is 0 Å². The van der Waals surface area contributed by atoms with E-state index < -0.39 is 0 Å². The summed E-state index contributed by atoms with van der Waals surface area (Å²) in [5.74, 6) is 0. The highest BCUT2D eigenvalue weighted by atomic mass is 32.1. The van der Waals surface area contributed by atoms with Crippen LogP contribution in [0, 0.1) is 0 Å². The molecular weight excluding hydrogens is 376 g/mol. The summed E-state index contributed by atoms with van der Waals surface area (Å²) in [7, 11) is 0. The second kappa shape index (κ2) is 7.53. The molecule has 0 aliphatic heterocycles. The number of aromatic nitrogens is 2. The van der Waals surface area contributed by atoms with Crippen LogP contribution in [0.3, 0.4) is 0 Å². The fourth-order valence-electron chi connectivity index (χ4n) is 3.72. The van der Waals surface area contributed by atoms with Gasteiger partial charge in [-0.1, -0.05) is 54.6 Å². The molecule has 4 nitrogen and oxygen atoms in total. The topological polar surface area (TPSA) is 42.2 Å². The van der Waals surface area contributed by atoms with Crippen molar-refractivity contribution in [1.29, 1.82) is 0 Å². The number of nitrogens with one attached hydrogen (secondary N) is 1. The summed E-state index contributed by atoms with van der Waals surface area (Å²) in [5.41, 5.74) is 8.71. The quantitative estimate of drug-likeness (QED) is 0.276. The van der Waals surface area contributed by atoms with Gasteiger partial charge in [-0.2, -0.15) is 5.10 Å². The van der Waals surface area contributed by atoms with Gasteiger partial charge in [0.25, 0.3) is 0 Å². The van der Waals surface area contributed by atoms with Crippen molar-refractivity contribution >= 4 is 44.5 Å². The number of fused-ring (bicyclic) bond motifs is 3. The van der Waals surface area contributed by atoms with Crippen LogP contribution in [0.1, 0.15) is 12.5 Å². The van der Waals surface area contributed by atoms with E-state index in [1.165, 1.54) is 21.8 Å². The van der Waals surface area contributed by atoms with E-state index in [9.17, 15) is 0 Å². The van der Waals surface area contributed by atoms with Crippen LogP contribution < -0.4 is 5.43 Å². The first kappa shape index (κ1) is 17.6. The third-order valence-electron chi connectivity index (χ3n) is 5.06. The molecule has 5 rings (SSSR count). The fraction of sp³-hybridized carbons (Fsp3) is 0.0833. The zero-order valence-electron chi connectivity index (χ0n) is 16.0. The van der Waals surface area contributed by atoms with Crippen LogP contribution in [-0.4, -0.2) is 15.8 Å². The van der Waals surface area contributed by atoms with Crippen molar-refractivity contribution in [3.8, 4) is 11.3 Å². The first-order valence-corrected chi connectivity index (χ1v) is 10.5. The lowest BCUT2D eigenvalue weighted by molar-refractivity contribution is 0.827. The number of para-hydroxylation sites is 1. The van der Waals surface area contributed by atoms with E-state index in [4.69, 9.17) is 0 Å². The summed E-state index contributed by atoms with van der Waals surface area (Å²) in [5, 5.41) is 9.75. The van der Waals surface area contributed by atoms with E-state index >= 15 is 0 Å². The van der Waals surface area contributed by atoms with Gasteiger partial charge in [0.05, 0.1) is 11.9 Å². The summed E-state index contributed by atoms with van der Waals surface area (Å²) in [4.78, 5) is 4.61. The Hall–Kier alpha value is -3.44. The second-order valence-corrected chi connectivity index (χ2v) is 7.67. The van der Waals surface area contributed by atoms with Crippen LogP contribution in [0.2, 0.25) is 0 Å². The zero-order chi connectivity index (χ0) is 19.6. The molecule has 1 N–H and O–H groups in total. The van der Waals surface area contributed by atoms with Crippen LogP contribution in [0.15, 0.2) is 83.3 Å². The average molecular weight is 397 g/mol. The summed E-state index contributed by atoms with van der Waals surface area (Å²) in [6.07, 6.45) is 1.85. The Bertz CT molecular complexity index is 1320. The van der Waals surface area contributed by atoms with E-state index in [2.05, 4.69) is 81.6 Å². The molecule has 2 heterocycles. The molecule has 5 heteroatoms. The van der Waals surface area contributed by atoms with Crippen molar-refractivity contribution in [1.82, 2.24) is 9.55 Å². The molecule has 2 aromatic heterocycles. The lowest BCUT2D eigenvalue weighted by Gasteiger charge is -2.02. The third kappa shape index (κ3) is 3.30. The summed E-state index contributed by atoms with van der Waals surface area (Å²) >= 11 is 1.55. The Balaban J connectivity index is 1.40. The SMILES string of the molecule is CCn1c2ccccc2c2cc(C=NNc3nc(-c4ccccc4)cs3)ccc21. The molecule has 0 radical (unpaired) electrons. The smallest absolute Gasteiger partial charge is 0.203 e. The molecule has 29 heavy (non-hydrogen) atoms. The van der Waals surface area contributed by atoms with Crippen molar-refractivity contribution in [3.63, 3.8) is 0 Å². The maximum absolute atomic E-state index is 4.61. The minimum atomic E-state index is 0.781. The first-order chi connectivity index (χ1) is 14.3. The van der Waals surface area contributed by atoms with E-state index in [1.807, 2.05) is 29.8 Å². The van der Waals surface area contributed by atoms with E-state index in [0.717, 1.165) is 28.5 Å². The molecule has 0 unspecified atom stereocenters. The normalized spacial score (nSPS) is 11.6. The minimum Gasteiger partial charge on any atom is -0.341 e. The number of rotatable bonds is 5. The number of thiazole rings is 1. The van der Waals surface area contributed by atoms with Crippen molar-refractivity contribution in [2.45, 2.75) is 13.5 Å². The number of hydrogen-bond donors (Lipinski definition) is 1. The minimum absolute atomic E-state index is 0.781. The van der Waals surface area contributed by atoms with Gasteiger partial charge in [-0.3, -0.25) is 5.43 Å². The van der Waals surface area contributed by atoms with Gasteiger partial charge in [-0.05, 0) is 30.7 Å². The van der Waals surface area contributed by atoms with Crippen molar-refractivity contribution in [2.75, 3.05) is 5.43 Å². The molecular formula is C24H20N4S. The van der Waals surface area contributed by atoms with Gasteiger partial charge >= 0.3 is 0 Å². The van der Waals surface area contributed by atoms with Gasteiger partial charge in [-0.15, -0.1) is 11.3 Å². The summed E-state index contributed by atoms with van der Waals surface area (Å²) in [6, 6.07) is 25.2. The van der Waals surface area contributed by atoms with Crippen molar-refractivity contribution in [3.05, 3.63) is 83.7 Å². The molecule has 0 aliphatic carbocycles. The number of benzene rings is 3. The number of hydrogen-bond acceptors (Lipinski definition) is 4. The fourth-order valence-corrected chi connectivity index (χ4v) is 4.39. The first-order valence-electron chi connectivity index (χ1n) is 9.64.